The van der Waals surface area contributed by atoms with Crippen molar-refractivity contribution in [2.75, 3.05) is 6.61 Å². The predicted octanol–water partition coefficient (Wildman–Crippen LogP) is 3.67. The highest BCUT2D eigenvalue weighted by atomic mass is 79.9. The molecule has 0 saturated carbocycles. The van der Waals surface area contributed by atoms with Gasteiger partial charge in [-0.1, -0.05) is 51.4 Å². The van der Waals surface area contributed by atoms with Crippen LogP contribution in [0.2, 0.25) is 0 Å². The fraction of sp³-hybridized carbons (Fsp3) is 0.400. The highest BCUT2D eigenvalue weighted by Gasteiger charge is 2.16. The van der Waals surface area contributed by atoms with Gasteiger partial charge in [0.1, 0.15) is 12.0 Å². The number of halogens is 1. The Morgan fingerprint density at radius 1 is 1.21 bits per heavy atom. The number of hydrogen-bond donors (Lipinski definition) is 1. The largest absolute Gasteiger partial charge is 0.396 e. The number of aliphatic hydroxyl groups is 1. The van der Waals surface area contributed by atoms with E-state index in [1.165, 1.54) is 5.56 Å². The number of aromatic nitrogens is 1. The van der Waals surface area contributed by atoms with E-state index in [0.717, 1.165) is 30.5 Å². The van der Waals surface area contributed by atoms with Gasteiger partial charge in [-0.05, 0) is 24.8 Å². The number of alkyl halides is 1. The third kappa shape index (κ3) is 4.18. The molecule has 1 aromatic heterocycles. The summed E-state index contributed by atoms with van der Waals surface area (Å²) in [5.41, 5.74) is 3.27. The zero-order valence-electron chi connectivity index (χ0n) is 10.8. The molecular formula is C15H18BrNO2. The lowest BCUT2D eigenvalue weighted by molar-refractivity contribution is 0.299. The van der Waals surface area contributed by atoms with Crippen LogP contribution in [0.25, 0.3) is 0 Å². The van der Waals surface area contributed by atoms with Gasteiger partial charge in [-0.25, -0.2) is 0 Å². The Morgan fingerprint density at radius 3 is 2.74 bits per heavy atom. The normalized spacial score (nSPS) is 12.5. The fourth-order valence-electron chi connectivity index (χ4n) is 2.10. The van der Waals surface area contributed by atoms with Gasteiger partial charge in [0.25, 0.3) is 0 Å². The minimum Gasteiger partial charge on any atom is -0.396 e. The van der Waals surface area contributed by atoms with Crippen LogP contribution in [0, 0.1) is 0 Å². The second-order valence-electron chi connectivity index (χ2n) is 4.54. The van der Waals surface area contributed by atoms with Crippen molar-refractivity contribution in [1.82, 2.24) is 5.16 Å². The van der Waals surface area contributed by atoms with Crippen molar-refractivity contribution in [3.05, 3.63) is 53.4 Å². The molecule has 0 fully saturated rings. The number of aryl methyl sites for hydroxylation is 1. The van der Waals surface area contributed by atoms with E-state index >= 15 is 0 Å². The highest BCUT2D eigenvalue weighted by Crippen LogP contribution is 2.30. The van der Waals surface area contributed by atoms with Crippen LogP contribution in [0.3, 0.4) is 0 Å². The maximum Gasteiger partial charge on any atom is 0.127 e. The second kappa shape index (κ2) is 7.46. The number of aliphatic hydroxyl groups excluding tert-OH is 1. The molecule has 0 aliphatic rings. The van der Waals surface area contributed by atoms with Crippen molar-refractivity contribution in [2.24, 2.45) is 0 Å². The lowest BCUT2D eigenvalue weighted by atomic mass is 10.0. The predicted molar refractivity (Wildman–Crippen MR) is 78.3 cm³/mol. The molecule has 0 aliphatic heterocycles. The number of hydrogen-bond acceptors (Lipinski definition) is 3. The molecule has 0 saturated heterocycles. The van der Waals surface area contributed by atoms with Crippen molar-refractivity contribution in [2.45, 2.75) is 30.5 Å². The summed E-state index contributed by atoms with van der Waals surface area (Å²) >= 11 is 3.66. The maximum atomic E-state index is 8.98. The van der Waals surface area contributed by atoms with Crippen molar-refractivity contribution in [1.29, 1.82) is 0 Å². The smallest absolute Gasteiger partial charge is 0.127 e. The van der Waals surface area contributed by atoms with Crippen LogP contribution in [0.1, 0.15) is 34.5 Å². The number of benzene rings is 1. The molecule has 0 aliphatic carbocycles. The van der Waals surface area contributed by atoms with E-state index in [4.69, 9.17) is 9.63 Å². The van der Waals surface area contributed by atoms with Gasteiger partial charge in [-0.15, -0.1) is 0 Å². The summed E-state index contributed by atoms with van der Waals surface area (Å²) in [5, 5.41) is 13.0. The first-order valence-electron chi connectivity index (χ1n) is 6.53. The van der Waals surface area contributed by atoms with E-state index in [1.54, 1.807) is 6.26 Å². The standard InChI is InChI=1S/C15H18BrNO2/c16-14(15-13(9-10-18)11-19-17-15)8-4-7-12-5-2-1-3-6-12/h1-3,5-6,11,14,18H,4,7-10H2. The fourth-order valence-corrected chi connectivity index (χ4v) is 2.80. The van der Waals surface area contributed by atoms with Gasteiger partial charge in [-0.2, -0.15) is 0 Å². The lowest BCUT2D eigenvalue weighted by Gasteiger charge is -2.08. The zero-order valence-corrected chi connectivity index (χ0v) is 12.3. The Balaban J connectivity index is 1.84. The van der Waals surface area contributed by atoms with Gasteiger partial charge in [-0.3, -0.25) is 0 Å². The molecule has 19 heavy (non-hydrogen) atoms. The van der Waals surface area contributed by atoms with Gasteiger partial charge >= 0.3 is 0 Å². The number of rotatable bonds is 7. The molecule has 0 radical (unpaired) electrons. The first-order valence-corrected chi connectivity index (χ1v) is 7.45. The van der Waals surface area contributed by atoms with Crippen LogP contribution in [-0.4, -0.2) is 16.9 Å². The Morgan fingerprint density at radius 2 is 2.00 bits per heavy atom. The van der Waals surface area contributed by atoms with Crippen LogP contribution in [-0.2, 0) is 12.8 Å². The molecule has 4 heteroatoms. The van der Waals surface area contributed by atoms with Crippen LogP contribution < -0.4 is 0 Å². The lowest BCUT2D eigenvalue weighted by Crippen LogP contribution is -1.99. The summed E-state index contributed by atoms with van der Waals surface area (Å²) in [6.07, 6.45) is 5.37. The minimum absolute atomic E-state index is 0.123. The van der Waals surface area contributed by atoms with E-state index in [9.17, 15) is 0 Å². The molecule has 0 spiro atoms. The van der Waals surface area contributed by atoms with Gasteiger partial charge in [0, 0.05) is 18.6 Å². The Labute approximate surface area is 121 Å². The molecule has 2 aromatic rings. The Bertz CT molecular complexity index is 484. The quantitative estimate of drug-likeness (QED) is 0.791. The van der Waals surface area contributed by atoms with Crippen LogP contribution in [0.4, 0.5) is 0 Å². The van der Waals surface area contributed by atoms with Gasteiger partial charge < -0.3 is 9.63 Å². The molecule has 1 unspecified atom stereocenters. The SMILES string of the molecule is OCCc1conc1C(Br)CCCc1ccccc1. The van der Waals surface area contributed by atoms with E-state index < -0.39 is 0 Å². The first-order chi connectivity index (χ1) is 9.31. The average molecular weight is 324 g/mol. The minimum atomic E-state index is 0.123. The van der Waals surface area contributed by atoms with Gasteiger partial charge in [0.05, 0.1) is 4.83 Å². The molecule has 102 valence electrons. The average Bonchev–Trinajstić information content (AvgIpc) is 2.89. The summed E-state index contributed by atoms with van der Waals surface area (Å²) in [7, 11) is 0. The van der Waals surface area contributed by atoms with E-state index in [-0.39, 0.29) is 11.4 Å². The molecular weight excluding hydrogens is 306 g/mol. The summed E-state index contributed by atoms with van der Waals surface area (Å²) in [6.45, 7) is 0.123. The molecule has 1 heterocycles. The van der Waals surface area contributed by atoms with Gasteiger partial charge in [0.15, 0.2) is 0 Å². The summed E-state index contributed by atoms with van der Waals surface area (Å²) in [4.78, 5) is 0.191. The summed E-state index contributed by atoms with van der Waals surface area (Å²) < 4.78 is 4.99. The monoisotopic (exact) mass is 323 g/mol. The van der Waals surface area contributed by atoms with E-state index in [0.29, 0.717) is 6.42 Å². The third-order valence-corrected chi connectivity index (χ3v) is 4.01. The molecule has 1 aromatic carbocycles. The molecule has 3 nitrogen and oxygen atoms in total. The van der Waals surface area contributed by atoms with Crippen molar-refractivity contribution >= 4 is 15.9 Å². The highest BCUT2D eigenvalue weighted by molar-refractivity contribution is 9.09. The second-order valence-corrected chi connectivity index (χ2v) is 5.65. The molecule has 0 amide bonds. The van der Waals surface area contributed by atoms with Gasteiger partial charge in [0.2, 0.25) is 0 Å². The van der Waals surface area contributed by atoms with Crippen LogP contribution in [0.15, 0.2) is 41.1 Å². The molecule has 1 atom stereocenters. The van der Waals surface area contributed by atoms with Crippen LogP contribution in [0.5, 0.6) is 0 Å². The van der Waals surface area contributed by atoms with Crippen molar-refractivity contribution in [3.63, 3.8) is 0 Å². The topological polar surface area (TPSA) is 46.3 Å². The zero-order chi connectivity index (χ0) is 13.5. The van der Waals surface area contributed by atoms with Crippen LogP contribution >= 0.6 is 15.9 Å². The Kier molecular flexibility index (Phi) is 5.61. The first kappa shape index (κ1) is 14.3. The van der Waals surface area contributed by atoms with E-state index in [1.807, 2.05) is 6.07 Å². The van der Waals surface area contributed by atoms with E-state index in [2.05, 4.69) is 45.4 Å². The van der Waals surface area contributed by atoms with Crippen molar-refractivity contribution < 1.29 is 9.63 Å². The third-order valence-electron chi connectivity index (χ3n) is 3.12. The summed E-state index contributed by atoms with van der Waals surface area (Å²) in [5.74, 6) is 0. The maximum absolute atomic E-state index is 8.98. The Hall–Kier alpha value is -1.13. The summed E-state index contributed by atoms with van der Waals surface area (Å²) in [6, 6.07) is 10.5. The molecule has 1 N–H and O–H groups in total. The molecule has 0 bridgehead atoms. The van der Waals surface area contributed by atoms with Crippen molar-refractivity contribution in [3.8, 4) is 0 Å². The molecule has 2 rings (SSSR count). The number of nitrogens with zero attached hydrogens (tertiary/aromatic N) is 1.